The molecule has 0 aliphatic rings. The molecule has 0 saturated heterocycles. The summed E-state index contributed by atoms with van der Waals surface area (Å²) in [6, 6.07) is 12.0. The van der Waals surface area contributed by atoms with Crippen LogP contribution in [0.3, 0.4) is 0 Å². The maximum Gasteiger partial charge on any atom is 0.105 e. The van der Waals surface area contributed by atoms with Gasteiger partial charge in [0.25, 0.3) is 0 Å². The van der Waals surface area contributed by atoms with E-state index < -0.39 is 6.10 Å². The van der Waals surface area contributed by atoms with Crippen molar-refractivity contribution in [1.29, 1.82) is 0 Å². The zero-order chi connectivity index (χ0) is 13.5. The standard InChI is InChI=1S/C15H19NO2S/c1-18-9-8-12-5-2-3-6-13(12)16-11-14(17)15-7-4-10-19-15/h2-7,10,14,16-17H,8-9,11H2,1H3. The molecule has 1 unspecified atom stereocenters. The van der Waals surface area contributed by atoms with E-state index in [-0.39, 0.29) is 0 Å². The summed E-state index contributed by atoms with van der Waals surface area (Å²) in [5, 5.41) is 15.3. The van der Waals surface area contributed by atoms with E-state index in [0.717, 1.165) is 17.0 Å². The summed E-state index contributed by atoms with van der Waals surface area (Å²) in [5.74, 6) is 0. The highest BCUT2D eigenvalue weighted by Gasteiger charge is 2.09. The first-order chi connectivity index (χ1) is 9.31. The smallest absolute Gasteiger partial charge is 0.105 e. The number of hydrogen-bond acceptors (Lipinski definition) is 4. The Bertz CT molecular complexity index is 485. The number of rotatable bonds is 7. The van der Waals surface area contributed by atoms with Crippen LogP contribution in [0.25, 0.3) is 0 Å². The lowest BCUT2D eigenvalue weighted by molar-refractivity contribution is 0.195. The molecule has 0 aliphatic heterocycles. The second-order valence-electron chi connectivity index (χ2n) is 4.31. The second-order valence-corrected chi connectivity index (χ2v) is 5.29. The van der Waals surface area contributed by atoms with E-state index >= 15 is 0 Å². The second kappa shape index (κ2) is 7.28. The Kier molecular flexibility index (Phi) is 5.39. The van der Waals surface area contributed by atoms with Crippen molar-refractivity contribution < 1.29 is 9.84 Å². The fourth-order valence-electron chi connectivity index (χ4n) is 1.91. The molecule has 0 saturated carbocycles. The summed E-state index contributed by atoms with van der Waals surface area (Å²) in [6.45, 7) is 1.22. The van der Waals surface area contributed by atoms with Gasteiger partial charge < -0.3 is 15.2 Å². The number of nitrogens with one attached hydrogen (secondary N) is 1. The third-order valence-corrected chi connectivity index (χ3v) is 3.92. The molecule has 0 fully saturated rings. The highest BCUT2D eigenvalue weighted by Crippen LogP contribution is 2.21. The molecule has 0 spiro atoms. The lowest BCUT2D eigenvalue weighted by Gasteiger charge is -2.14. The van der Waals surface area contributed by atoms with Crippen LogP contribution in [0.5, 0.6) is 0 Å². The monoisotopic (exact) mass is 277 g/mol. The van der Waals surface area contributed by atoms with E-state index in [1.165, 1.54) is 5.56 Å². The average molecular weight is 277 g/mol. The van der Waals surface area contributed by atoms with Crippen molar-refractivity contribution in [2.75, 3.05) is 25.6 Å². The molecule has 2 rings (SSSR count). The van der Waals surface area contributed by atoms with E-state index in [0.29, 0.717) is 13.2 Å². The Morgan fingerprint density at radius 3 is 2.84 bits per heavy atom. The van der Waals surface area contributed by atoms with Gasteiger partial charge in [0, 0.05) is 24.2 Å². The zero-order valence-corrected chi connectivity index (χ0v) is 11.8. The third-order valence-electron chi connectivity index (χ3n) is 2.95. The number of para-hydroxylation sites is 1. The highest BCUT2D eigenvalue weighted by atomic mass is 32.1. The van der Waals surface area contributed by atoms with E-state index in [2.05, 4.69) is 11.4 Å². The van der Waals surface area contributed by atoms with Crippen LogP contribution < -0.4 is 5.32 Å². The molecule has 0 aliphatic carbocycles. The molecule has 1 aromatic carbocycles. The maximum atomic E-state index is 10.1. The molecule has 0 amide bonds. The van der Waals surface area contributed by atoms with Gasteiger partial charge in [-0.15, -0.1) is 11.3 Å². The van der Waals surface area contributed by atoms with Crippen LogP contribution in [0, 0.1) is 0 Å². The summed E-state index contributed by atoms with van der Waals surface area (Å²) >= 11 is 1.57. The molecule has 0 radical (unpaired) electrons. The molecule has 2 aromatic rings. The lowest BCUT2D eigenvalue weighted by atomic mass is 10.1. The van der Waals surface area contributed by atoms with Crippen LogP contribution in [0.4, 0.5) is 5.69 Å². The Hall–Kier alpha value is -1.36. The predicted octanol–water partition coefficient (Wildman–Crippen LogP) is 3.08. The Morgan fingerprint density at radius 2 is 2.11 bits per heavy atom. The van der Waals surface area contributed by atoms with Gasteiger partial charge in [0.15, 0.2) is 0 Å². The minimum Gasteiger partial charge on any atom is -0.386 e. The number of anilines is 1. The maximum absolute atomic E-state index is 10.1. The van der Waals surface area contributed by atoms with E-state index in [1.54, 1.807) is 18.4 Å². The summed E-state index contributed by atoms with van der Waals surface area (Å²) < 4.78 is 5.11. The van der Waals surface area contributed by atoms with Crippen LogP contribution in [-0.2, 0) is 11.2 Å². The molecule has 0 bridgehead atoms. The van der Waals surface area contributed by atoms with Gasteiger partial charge in [-0.1, -0.05) is 24.3 Å². The first kappa shape index (κ1) is 14.1. The SMILES string of the molecule is COCCc1ccccc1NCC(O)c1cccs1. The summed E-state index contributed by atoms with van der Waals surface area (Å²) in [6.07, 6.45) is 0.407. The summed E-state index contributed by atoms with van der Waals surface area (Å²) in [4.78, 5) is 0.988. The van der Waals surface area contributed by atoms with E-state index in [1.807, 2.05) is 35.7 Å². The van der Waals surface area contributed by atoms with Gasteiger partial charge >= 0.3 is 0 Å². The molecule has 1 heterocycles. The number of ether oxygens (including phenoxy) is 1. The third kappa shape index (κ3) is 4.06. The van der Waals surface area contributed by atoms with Crippen molar-refractivity contribution in [3.63, 3.8) is 0 Å². The fraction of sp³-hybridized carbons (Fsp3) is 0.333. The summed E-state index contributed by atoms with van der Waals surface area (Å²) in [7, 11) is 1.70. The first-order valence-electron chi connectivity index (χ1n) is 6.33. The fourth-order valence-corrected chi connectivity index (χ4v) is 2.62. The lowest BCUT2D eigenvalue weighted by Crippen LogP contribution is -2.12. The van der Waals surface area contributed by atoms with E-state index in [9.17, 15) is 5.11 Å². The largest absolute Gasteiger partial charge is 0.386 e. The Morgan fingerprint density at radius 1 is 1.26 bits per heavy atom. The highest BCUT2D eigenvalue weighted by molar-refractivity contribution is 7.10. The van der Waals surface area contributed by atoms with Gasteiger partial charge in [-0.3, -0.25) is 0 Å². The molecule has 3 nitrogen and oxygen atoms in total. The molecule has 2 N–H and O–H groups in total. The molecule has 4 heteroatoms. The van der Waals surface area contributed by atoms with Crippen molar-refractivity contribution in [1.82, 2.24) is 0 Å². The molecule has 1 atom stereocenters. The number of aliphatic hydroxyl groups is 1. The Balaban J connectivity index is 1.95. The minimum atomic E-state index is -0.463. The van der Waals surface area contributed by atoms with Gasteiger partial charge in [-0.05, 0) is 29.5 Å². The number of aliphatic hydroxyl groups excluding tert-OH is 1. The van der Waals surface area contributed by atoms with Crippen molar-refractivity contribution in [2.24, 2.45) is 0 Å². The number of methoxy groups -OCH3 is 1. The molecule has 1 aromatic heterocycles. The normalized spacial score (nSPS) is 12.3. The van der Waals surface area contributed by atoms with Gasteiger partial charge in [-0.25, -0.2) is 0 Å². The van der Waals surface area contributed by atoms with Crippen molar-refractivity contribution >= 4 is 17.0 Å². The molecule has 19 heavy (non-hydrogen) atoms. The number of benzene rings is 1. The van der Waals surface area contributed by atoms with E-state index in [4.69, 9.17) is 4.74 Å². The molecular weight excluding hydrogens is 258 g/mol. The van der Waals surface area contributed by atoms with Crippen LogP contribution in [-0.4, -0.2) is 25.4 Å². The van der Waals surface area contributed by atoms with Crippen LogP contribution in [0.1, 0.15) is 16.5 Å². The van der Waals surface area contributed by atoms with Crippen LogP contribution in [0.15, 0.2) is 41.8 Å². The van der Waals surface area contributed by atoms with Gasteiger partial charge in [-0.2, -0.15) is 0 Å². The number of hydrogen-bond donors (Lipinski definition) is 2. The summed E-state index contributed by atoms with van der Waals surface area (Å²) in [5.41, 5.74) is 2.28. The molecular formula is C15H19NO2S. The van der Waals surface area contributed by atoms with Crippen molar-refractivity contribution in [3.8, 4) is 0 Å². The topological polar surface area (TPSA) is 41.5 Å². The van der Waals surface area contributed by atoms with Crippen molar-refractivity contribution in [2.45, 2.75) is 12.5 Å². The van der Waals surface area contributed by atoms with Gasteiger partial charge in [0.05, 0.1) is 6.61 Å². The quantitative estimate of drug-likeness (QED) is 0.817. The van der Waals surface area contributed by atoms with Crippen molar-refractivity contribution in [3.05, 3.63) is 52.2 Å². The number of thiophene rings is 1. The predicted molar refractivity (Wildman–Crippen MR) is 79.8 cm³/mol. The first-order valence-corrected chi connectivity index (χ1v) is 7.21. The van der Waals surface area contributed by atoms with Gasteiger partial charge in [0.2, 0.25) is 0 Å². The van der Waals surface area contributed by atoms with Crippen LogP contribution >= 0.6 is 11.3 Å². The minimum absolute atomic E-state index is 0.463. The molecule has 102 valence electrons. The van der Waals surface area contributed by atoms with Crippen LogP contribution in [0.2, 0.25) is 0 Å². The zero-order valence-electron chi connectivity index (χ0n) is 11.0. The van der Waals surface area contributed by atoms with Gasteiger partial charge in [0.1, 0.15) is 6.10 Å². The Labute approximate surface area is 117 Å². The average Bonchev–Trinajstić information content (AvgIpc) is 2.97.